The summed E-state index contributed by atoms with van der Waals surface area (Å²) in [5, 5.41) is 0.409. The molecule has 0 bridgehead atoms. The van der Waals surface area contributed by atoms with Gasteiger partial charge in [0.05, 0.1) is 17.1 Å². The first kappa shape index (κ1) is 12.1. The van der Waals surface area contributed by atoms with Gasteiger partial charge in [-0.3, -0.25) is 4.79 Å². The lowest BCUT2D eigenvalue weighted by molar-refractivity contribution is 0.0812. The molecule has 0 N–H and O–H groups in total. The summed E-state index contributed by atoms with van der Waals surface area (Å²) >= 11 is 9.25. The fourth-order valence-electron chi connectivity index (χ4n) is 1.08. The number of benzene rings is 1. The Morgan fingerprint density at radius 3 is 2.93 bits per heavy atom. The Balaban J connectivity index is 3.02. The molecule has 1 aromatic carbocycles. The smallest absolute Gasteiger partial charge is 0.255 e. The first-order valence-electron chi connectivity index (χ1n) is 4.21. The second-order valence-electron chi connectivity index (χ2n) is 2.97. The zero-order valence-corrected chi connectivity index (χ0v) is 10.5. The van der Waals surface area contributed by atoms with Gasteiger partial charge in [0.25, 0.3) is 5.91 Å². The van der Waals surface area contributed by atoms with E-state index in [0.717, 1.165) is 0 Å². The minimum Gasteiger partial charge on any atom is -0.331 e. The molecule has 0 saturated heterocycles. The third-order valence-electron chi connectivity index (χ3n) is 1.86. The van der Waals surface area contributed by atoms with E-state index >= 15 is 0 Å². The lowest BCUT2D eigenvalue weighted by atomic mass is 10.2. The van der Waals surface area contributed by atoms with Gasteiger partial charge in [0.15, 0.2) is 0 Å². The largest absolute Gasteiger partial charge is 0.331 e. The molecule has 1 rings (SSSR count). The Kier molecular flexibility index (Phi) is 4.19. The van der Waals surface area contributed by atoms with Gasteiger partial charge in [0, 0.05) is 11.5 Å². The Morgan fingerprint density at radius 1 is 1.67 bits per heavy atom. The van der Waals surface area contributed by atoms with Gasteiger partial charge in [-0.05, 0) is 28.1 Å². The summed E-state index contributed by atoms with van der Waals surface area (Å²) in [6.07, 6.45) is 5.13. The number of hydrogen-bond donors (Lipinski definition) is 0. The van der Waals surface area contributed by atoms with Crippen molar-refractivity contribution in [3.63, 3.8) is 0 Å². The average molecular weight is 287 g/mol. The number of amides is 1. The zero-order chi connectivity index (χ0) is 11.4. The van der Waals surface area contributed by atoms with Crippen LogP contribution in [0.2, 0.25) is 5.02 Å². The van der Waals surface area contributed by atoms with Gasteiger partial charge in [-0.25, -0.2) is 0 Å². The predicted octanol–water partition coefficient (Wildman–Crippen LogP) is 2.81. The van der Waals surface area contributed by atoms with Crippen LogP contribution in [0.4, 0.5) is 0 Å². The van der Waals surface area contributed by atoms with Crippen molar-refractivity contribution < 1.29 is 4.79 Å². The van der Waals surface area contributed by atoms with Crippen LogP contribution in [0.25, 0.3) is 0 Å². The second kappa shape index (κ2) is 5.20. The minimum atomic E-state index is -0.181. The molecule has 1 amide bonds. The van der Waals surface area contributed by atoms with Gasteiger partial charge in [-0.15, -0.1) is 6.42 Å². The summed E-state index contributed by atoms with van der Waals surface area (Å²) in [6.45, 7) is 0.266. The van der Waals surface area contributed by atoms with Crippen LogP contribution in [0.5, 0.6) is 0 Å². The normalized spacial score (nSPS) is 9.47. The van der Waals surface area contributed by atoms with Crippen molar-refractivity contribution in [3.05, 3.63) is 33.3 Å². The molecule has 0 fully saturated rings. The first-order chi connectivity index (χ1) is 7.07. The summed E-state index contributed by atoms with van der Waals surface area (Å²) < 4.78 is 0.698. The molecule has 0 aliphatic heterocycles. The number of carbonyl (C=O) groups is 1. The van der Waals surface area contributed by atoms with Crippen molar-refractivity contribution in [3.8, 4) is 12.3 Å². The number of terminal acetylenes is 1. The molecule has 1 aromatic rings. The standard InChI is InChI=1S/C11H9BrClNO/c1-3-7-14(2)11(15)8-5-4-6-9(12)10(8)13/h1,4-6H,7H2,2H3. The quantitative estimate of drug-likeness (QED) is 0.766. The molecule has 78 valence electrons. The summed E-state index contributed by atoms with van der Waals surface area (Å²) in [4.78, 5) is 13.3. The molecule has 2 nitrogen and oxygen atoms in total. The monoisotopic (exact) mass is 285 g/mol. The van der Waals surface area contributed by atoms with Crippen LogP contribution in [0.15, 0.2) is 22.7 Å². The van der Waals surface area contributed by atoms with Crippen molar-refractivity contribution in [2.75, 3.05) is 13.6 Å². The SMILES string of the molecule is C#CCN(C)C(=O)c1cccc(Br)c1Cl. The van der Waals surface area contributed by atoms with Crippen LogP contribution in [0.3, 0.4) is 0 Å². The molecule has 0 atom stereocenters. The van der Waals surface area contributed by atoms with E-state index in [2.05, 4.69) is 21.9 Å². The van der Waals surface area contributed by atoms with Crippen molar-refractivity contribution in [2.24, 2.45) is 0 Å². The highest BCUT2D eigenvalue weighted by molar-refractivity contribution is 9.10. The third kappa shape index (κ3) is 2.74. The first-order valence-corrected chi connectivity index (χ1v) is 5.38. The number of carbonyl (C=O) groups excluding carboxylic acids is 1. The van der Waals surface area contributed by atoms with Crippen molar-refractivity contribution in [2.45, 2.75) is 0 Å². The van der Waals surface area contributed by atoms with Crippen molar-refractivity contribution >= 4 is 33.4 Å². The van der Waals surface area contributed by atoms with Gasteiger partial charge in [0.1, 0.15) is 0 Å². The Hall–Kier alpha value is -0.980. The number of hydrogen-bond acceptors (Lipinski definition) is 1. The molecule has 0 spiro atoms. The van der Waals surface area contributed by atoms with Crippen LogP contribution in [0.1, 0.15) is 10.4 Å². The highest BCUT2D eigenvalue weighted by Gasteiger charge is 2.15. The zero-order valence-electron chi connectivity index (χ0n) is 8.13. The molecule has 4 heteroatoms. The fourth-order valence-corrected chi connectivity index (χ4v) is 1.66. The van der Waals surface area contributed by atoms with E-state index < -0.39 is 0 Å². The van der Waals surface area contributed by atoms with Crippen LogP contribution in [-0.2, 0) is 0 Å². The van der Waals surface area contributed by atoms with Gasteiger partial charge >= 0.3 is 0 Å². The van der Waals surface area contributed by atoms with Gasteiger partial charge in [0.2, 0.25) is 0 Å². The van der Waals surface area contributed by atoms with Gasteiger partial charge in [-0.2, -0.15) is 0 Å². The maximum atomic E-state index is 11.8. The third-order valence-corrected chi connectivity index (χ3v) is 3.15. The van der Waals surface area contributed by atoms with E-state index in [9.17, 15) is 4.79 Å². The number of rotatable bonds is 2. The Bertz CT molecular complexity index is 425. The molecule has 0 aromatic heterocycles. The average Bonchev–Trinajstić information content (AvgIpc) is 2.21. The van der Waals surface area contributed by atoms with Crippen molar-refractivity contribution in [1.82, 2.24) is 4.90 Å². The molecule has 0 radical (unpaired) electrons. The van der Waals surface area contributed by atoms with Crippen LogP contribution >= 0.6 is 27.5 Å². The maximum Gasteiger partial charge on any atom is 0.255 e. The molecule has 0 unspecified atom stereocenters. The molecular formula is C11H9BrClNO. The van der Waals surface area contributed by atoms with Gasteiger partial charge in [-0.1, -0.05) is 23.6 Å². The van der Waals surface area contributed by atoms with E-state index in [4.69, 9.17) is 18.0 Å². The number of nitrogens with zero attached hydrogens (tertiary/aromatic N) is 1. The number of halogens is 2. The topological polar surface area (TPSA) is 20.3 Å². The Labute approximate surface area is 102 Å². The fraction of sp³-hybridized carbons (Fsp3) is 0.182. The van der Waals surface area contributed by atoms with E-state index in [1.807, 2.05) is 0 Å². The van der Waals surface area contributed by atoms with Crippen molar-refractivity contribution in [1.29, 1.82) is 0 Å². The summed E-state index contributed by atoms with van der Waals surface area (Å²) in [5.74, 6) is 2.22. The molecule has 0 aliphatic carbocycles. The second-order valence-corrected chi connectivity index (χ2v) is 4.20. The summed E-state index contributed by atoms with van der Waals surface area (Å²) in [5.41, 5.74) is 0.448. The van der Waals surface area contributed by atoms with E-state index in [-0.39, 0.29) is 12.5 Å². The predicted molar refractivity (Wildman–Crippen MR) is 64.9 cm³/mol. The molecule has 0 saturated carbocycles. The minimum absolute atomic E-state index is 0.181. The molecule has 0 aliphatic rings. The van der Waals surface area contributed by atoms with Crippen LogP contribution < -0.4 is 0 Å². The van der Waals surface area contributed by atoms with Crippen LogP contribution in [0, 0.1) is 12.3 Å². The van der Waals surface area contributed by atoms with E-state index in [1.54, 1.807) is 25.2 Å². The Morgan fingerprint density at radius 2 is 2.33 bits per heavy atom. The summed E-state index contributed by atoms with van der Waals surface area (Å²) in [6, 6.07) is 5.20. The summed E-state index contributed by atoms with van der Waals surface area (Å²) in [7, 11) is 1.64. The van der Waals surface area contributed by atoms with Crippen LogP contribution in [-0.4, -0.2) is 24.4 Å². The lowest BCUT2D eigenvalue weighted by Crippen LogP contribution is -2.27. The van der Waals surface area contributed by atoms with E-state index in [0.29, 0.717) is 15.1 Å². The molecule has 15 heavy (non-hydrogen) atoms. The lowest BCUT2D eigenvalue weighted by Gasteiger charge is -2.14. The molecule has 0 heterocycles. The van der Waals surface area contributed by atoms with E-state index in [1.165, 1.54) is 4.90 Å². The highest BCUT2D eigenvalue weighted by atomic mass is 79.9. The highest BCUT2D eigenvalue weighted by Crippen LogP contribution is 2.26. The maximum absolute atomic E-state index is 11.8. The van der Waals surface area contributed by atoms with Gasteiger partial charge < -0.3 is 4.90 Å². The molecular weight excluding hydrogens is 277 g/mol.